The van der Waals surface area contributed by atoms with Crippen molar-refractivity contribution in [2.24, 2.45) is 0 Å². The molecule has 1 atom stereocenters. The summed E-state index contributed by atoms with van der Waals surface area (Å²) in [6.45, 7) is 5.04. The van der Waals surface area contributed by atoms with Gasteiger partial charge >= 0.3 is 6.03 Å². The monoisotopic (exact) mass is 242 g/mol. The molecule has 7 heteroatoms. The van der Waals surface area contributed by atoms with Gasteiger partial charge in [-0.15, -0.1) is 10.2 Å². The van der Waals surface area contributed by atoms with Gasteiger partial charge in [-0.25, -0.2) is 4.79 Å². The molecular weight excluding hydrogens is 228 g/mol. The fourth-order valence-electron chi connectivity index (χ4n) is 1.52. The van der Waals surface area contributed by atoms with Gasteiger partial charge < -0.3 is 10.1 Å². The normalized spacial score (nSPS) is 24.4. The van der Waals surface area contributed by atoms with E-state index in [2.05, 4.69) is 20.8 Å². The van der Waals surface area contributed by atoms with Gasteiger partial charge in [0.2, 0.25) is 5.13 Å². The van der Waals surface area contributed by atoms with Gasteiger partial charge in [0.05, 0.1) is 12.1 Å². The standard InChI is InChI=1S/C9H14N4O2S/c1-6-12-13-8(16-6)10-7(14)11-9(2)3-4-15-5-9/h3-5H2,1-2H3,(H2,10,11,13,14)/t9-/m0/s1. The Morgan fingerprint density at radius 1 is 1.56 bits per heavy atom. The second-order valence-electron chi connectivity index (χ2n) is 4.07. The van der Waals surface area contributed by atoms with Gasteiger partial charge in [0.15, 0.2) is 0 Å². The van der Waals surface area contributed by atoms with E-state index in [1.807, 2.05) is 13.8 Å². The van der Waals surface area contributed by atoms with Crippen LogP contribution in [0.3, 0.4) is 0 Å². The van der Waals surface area contributed by atoms with Gasteiger partial charge in [-0.2, -0.15) is 0 Å². The van der Waals surface area contributed by atoms with Crippen LogP contribution in [0, 0.1) is 6.92 Å². The van der Waals surface area contributed by atoms with Crippen molar-refractivity contribution in [1.29, 1.82) is 0 Å². The van der Waals surface area contributed by atoms with Crippen molar-refractivity contribution in [2.45, 2.75) is 25.8 Å². The molecular formula is C9H14N4O2S. The van der Waals surface area contributed by atoms with Crippen LogP contribution in [0.1, 0.15) is 18.4 Å². The third-order valence-electron chi connectivity index (χ3n) is 2.38. The minimum atomic E-state index is -0.274. The van der Waals surface area contributed by atoms with Crippen LogP contribution >= 0.6 is 11.3 Å². The molecule has 1 fully saturated rings. The molecule has 2 rings (SSSR count). The average molecular weight is 242 g/mol. The van der Waals surface area contributed by atoms with Crippen LogP contribution in [-0.2, 0) is 4.74 Å². The number of aromatic nitrogens is 2. The molecule has 0 saturated carbocycles. The molecule has 1 aliphatic heterocycles. The van der Waals surface area contributed by atoms with E-state index >= 15 is 0 Å². The first-order valence-corrected chi connectivity index (χ1v) is 5.86. The van der Waals surface area contributed by atoms with Crippen molar-refractivity contribution in [3.63, 3.8) is 0 Å². The highest BCUT2D eigenvalue weighted by atomic mass is 32.1. The summed E-state index contributed by atoms with van der Waals surface area (Å²) < 4.78 is 5.25. The van der Waals surface area contributed by atoms with Gasteiger partial charge in [0.1, 0.15) is 5.01 Å². The molecule has 0 spiro atoms. The third kappa shape index (κ3) is 2.67. The lowest BCUT2D eigenvalue weighted by molar-refractivity contribution is 0.172. The summed E-state index contributed by atoms with van der Waals surface area (Å²) in [5, 5.41) is 14.5. The largest absolute Gasteiger partial charge is 0.379 e. The highest BCUT2D eigenvalue weighted by molar-refractivity contribution is 7.15. The number of nitrogens with one attached hydrogen (secondary N) is 2. The van der Waals surface area contributed by atoms with Gasteiger partial charge in [-0.1, -0.05) is 11.3 Å². The van der Waals surface area contributed by atoms with E-state index in [1.165, 1.54) is 11.3 Å². The molecule has 1 aromatic heterocycles. The van der Waals surface area contributed by atoms with Crippen LogP contribution in [-0.4, -0.2) is 35.0 Å². The van der Waals surface area contributed by atoms with E-state index in [-0.39, 0.29) is 11.6 Å². The number of carbonyl (C=O) groups is 1. The minimum absolute atomic E-state index is 0.260. The Hall–Kier alpha value is -1.21. The summed E-state index contributed by atoms with van der Waals surface area (Å²) in [5.74, 6) is 0. The highest BCUT2D eigenvalue weighted by Gasteiger charge is 2.31. The van der Waals surface area contributed by atoms with E-state index < -0.39 is 0 Å². The Morgan fingerprint density at radius 3 is 2.94 bits per heavy atom. The molecule has 0 aliphatic carbocycles. The number of carbonyl (C=O) groups excluding carboxylic acids is 1. The number of hydrogen-bond donors (Lipinski definition) is 2. The van der Waals surface area contributed by atoms with Gasteiger partial charge in [-0.3, -0.25) is 5.32 Å². The van der Waals surface area contributed by atoms with Crippen molar-refractivity contribution >= 4 is 22.5 Å². The average Bonchev–Trinajstić information content (AvgIpc) is 2.75. The number of amides is 2. The Labute approximate surface area is 97.4 Å². The molecule has 0 bridgehead atoms. The van der Waals surface area contributed by atoms with Crippen molar-refractivity contribution in [1.82, 2.24) is 15.5 Å². The molecule has 1 aromatic rings. The Balaban J connectivity index is 1.89. The SMILES string of the molecule is Cc1nnc(NC(=O)N[C@@]2(C)CCOC2)s1. The number of hydrogen-bond acceptors (Lipinski definition) is 5. The van der Waals surface area contributed by atoms with Crippen LogP contribution in [0.5, 0.6) is 0 Å². The summed E-state index contributed by atoms with van der Waals surface area (Å²) >= 11 is 1.35. The Bertz CT molecular complexity index is 387. The molecule has 0 radical (unpaired) electrons. The lowest BCUT2D eigenvalue weighted by Gasteiger charge is -2.22. The molecule has 0 aromatic carbocycles. The molecule has 88 valence electrons. The summed E-state index contributed by atoms with van der Waals surface area (Å²) in [6, 6.07) is -0.260. The van der Waals surface area contributed by atoms with E-state index in [0.717, 1.165) is 11.4 Å². The van der Waals surface area contributed by atoms with Crippen LogP contribution in [0.15, 0.2) is 0 Å². The topological polar surface area (TPSA) is 76.1 Å². The van der Waals surface area contributed by atoms with Crippen molar-refractivity contribution in [3.05, 3.63) is 5.01 Å². The zero-order valence-corrected chi connectivity index (χ0v) is 10.1. The van der Waals surface area contributed by atoms with Crippen LogP contribution < -0.4 is 10.6 Å². The molecule has 1 saturated heterocycles. The zero-order chi connectivity index (χ0) is 11.6. The number of rotatable bonds is 2. The second kappa shape index (κ2) is 4.34. The lowest BCUT2D eigenvalue weighted by atomic mass is 10.0. The van der Waals surface area contributed by atoms with Gasteiger partial charge in [0, 0.05) is 6.61 Å². The Kier molecular flexibility index (Phi) is 3.06. The molecule has 2 amide bonds. The molecule has 2 heterocycles. The summed E-state index contributed by atoms with van der Waals surface area (Å²) in [7, 11) is 0. The molecule has 0 unspecified atom stereocenters. The van der Waals surface area contributed by atoms with E-state index in [1.54, 1.807) is 0 Å². The summed E-state index contributed by atoms with van der Waals surface area (Å²) in [4.78, 5) is 11.6. The fraction of sp³-hybridized carbons (Fsp3) is 0.667. The number of anilines is 1. The molecule has 2 N–H and O–H groups in total. The van der Waals surface area contributed by atoms with E-state index in [0.29, 0.717) is 18.3 Å². The summed E-state index contributed by atoms with van der Waals surface area (Å²) in [6.07, 6.45) is 0.829. The summed E-state index contributed by atoms with van der Waals surface area (Å²) in [5.41, 5.74) is -0.274. The van der Waals surface area contributed by atoms with Crippen LogP contribution in [0.4, 0.5) is 9.93 Å². The third-order valence-corrected chi connectivity index (χ3v) is 3.13. The number of urea groups is 1. The number of ether oxygens (including phenoxy) is 1. The molecule has 1 aliphatic rings. The first-order valence-electron chi connectivity index (χ1n) is 5.04. The smallest absolute Gasteiger partial charge is 0.321 e. The maximum absolute atomic E-state index is 11.6. The second-order valence-corrected chi connectivity index (χ2v) is 5.25. The molecule has 16 heavy (non-hydrogen) atoms. The first kappa shape index (κ1) is 11.3. The molecule has 6 nitrogen and oxygen atoms in total. The van der Waals surface area contributed by atoms with Crippen LogP contribution in [0.2, 0.25) is 0 Å². The number of nitrogens with zero attached hydrogens (tertiary/aromatic N) is 2. The van der Waals surface area contributed by atoms with Gasteiger partial charge in [0.25, 0.3) is 0 Å². The maximum atomic E-state index is 11.6. The first-order chi connectivity index (χ1) is 7.57. The minimum Gasteiger partial charge on any atom is -0.379 e. The quantitative estimate of drug-likeness (QED) is 0.815. The van der Waals surface area contributed by atoms with Crippen LogP contribution in [0.25, 0.3) is 0 Å². The highest BCUT2D eigenvalue weighted by Crippen LogP contribution is 2.18. The van der Waals surface area contributed by atoms with Crippen molar-refractivity contribution in [3.8, 4) is 0 Å². The van der Waals surface area contributed by atoms with Crippen molar-refractivity contribution in [2.75, 3.05) is 18.5 Å². The maximum Gasteiger partial charge on any atom is 0.321 e. The number of aryl methyl sites for hydroxylation is 1. The zero-order valence-electron chi connectivity index (χ0n) is 9.24. The predicted molar refractivity (Wildman–Crippen MR) is 60.6 cm³/mol. The van der Waals surface area contributed by atoms with Crippen molar-refractivity contribution < 1.29 is 9.53 Å². The fourth-order valence-corrected chi connectivity index (χ4v) is 2.10. The Morgan fingerprint density at radius 2 is 2.38 bits per heavy atom. The van der Waals surface area contributed by atoms with E-state index in [9.17, 15) is 4.79 Å². The lowest BCUT2D eigenvalue weighted by Crippen LogP contribution is -2.48. The predicted octanol–water partition coefficient (Wildman–Crippen LogP) is 1.15. The van der Waals surface area contributed by atoms with Gasteiger partial charge in [-0.05, 0) is 20.3 Å². The van der Waals surface area contributed by atoms with E-state index in [4.69, 9.17) is 4.74 Å².